The van der Waals surface area contributed by atoms with Crippen LogP contribution in [-0.2, 0) is 24.3 Å². The van der Waals surface area contributed by atoms with Crippen LogP contribution in [-0.4, -0.2) is 5.91 Å². The maximum absolute atomic E-state index is 11.8. The van der Waals surface area contributed by atoms with Gasteiger partial charge in [0.05, 0.1) is 0 Å². The zero-order valence-electron chi connectivity index (χ0n) is 12.2. The minimum Gasteiger partial charge on any atom is -0.352 e. The van der Waals surface area contributed by atoms with E-state index in [1.165, 1.54) is 5.56 Å². The highest BCUT2D eigenvalue weighted by Crippen LogP contribution is 2.06. The van der Waals surface area contributed by atoms with Crippen LogP contribution in [0.2, 0.25) is 0 Å². The van der Waals surface area contributed by atoms with E-state index in [0.29, 0.717) is 19.5 Å². The van der Waals surface area contributed by atoms with Gasteiger partial charge in [0.15, 0.2) is 0 Å². The molecule has 0 atom stereocenters. The molecule has 3 N–H and O–H groups in total. The third-order valence-electron chi connectivity index (χ3n) is 3.43. The van der Waals surface area contributed by atoms with Crippen molar-refractivity contribution in [2.45, 2.75) is 32.4 Å². The van der Waals surface area contributed by atoms with Crippen LogP contribution < -0.4 is 11.1 Å². The summed E-state index contributed by atoms with van der Waals surface area (Å²) in [7, 11) is 0. The van der Waals surface area contributed by atoms with Crippen LogP contribution in [0.5, 0.6) is 0 Å². The monoisotopic (exact) mass is 282 g/mol. The van der Waals surface area contributed by atoms with E-state index >= 15 is 0 Å². The van der Waals surface area contributed by atoms with E-state index in [1.807, 2.05) is 42.5 Å². The number of aryl methyl sites for hydroxylation is 1. The van der Waals surface area contributed by atoms with Gasteiger partial charge in [-0.1, -0.05) is 54.6 Å². The van der Waals surface area contributed by atoms with Crippen LogP contribution in [0, 0.1) is 0 Å². The molecular weight excluding hydrogens is 260 g/mol. The highest BCUT2D eigenvalue weighted by molar-refractivity contribution is 5.75. The van der Waals surface area contributed by atoms with Crippen molar-refractivity contribution in [2.24, 2.45) is 5.73 Å². The number of nitrogens with two attached hydrogens (primary N) is 1. The molecule has 2 aromatic carbocycles. The summed E-state index contributed by atoms with van der Waals surface area (Å²) in [5.74, 6) is 0.101. The Hall–Kier alpha value is -2.13. The lowest BCUT2D eigenvalue weighted by atomic mass is 10.1. The predicted molar refractivity (Wildman–Crippen MR) is 85.6 cm³/mol. The van der Waals surface area contributed by atoms with Crippen molar-refractivity contribution >= 4 is 5.91 Å². The molecule has 0 heterocycles. The lowest BCUT2D eigenvalue weighted by molar-refractivity contribution is -0.121. The molecule has 0 unspecified atom stereocenters. The number of rotatable bonds is 7. The molecule has 3 nitrogen and oxygen atoms in total. The van der Waals surface area contributed by atoms with Gasteiger partial charge in [-0.2, -0.15) is 0 Å². The Morgan fingerprint density at radius 1 is 0.952 bits per heavy atom. The van der Waals surface area contributed by atoms with Crippen LogP contribution in [0.25, 0.3) is 0 Å². The first-order chi connectivity index (χ1) is 10.3. The quantitative estimate of drug-likeness (QED) is 0.820. The van der Waals surface area contributed by atoms with Gasteiger partial charge in [0.2, 0.25) is 5.91 Å². The number of hydrogen-bond donors (Lipinski definition) is 2. The lowest BCUT2D eigenvalue weighted by Crippen LogP contribution is -2.22. The van der Waals surface area contributed by atoms with Crippen molar-refractivity contribution in [2.75, 3.05) is 0 Å². The summed E-state index contributed by atoms with van der Waals surface area (Å²) in [5, 5.41) is 2.96. The molecule has 1 amide bonds. The van der Waals surface area contributed by atoms with Crippen LogP contribution in [0.3, 0.4) is 0 Å². The molecule has 0 aliphatic heterocycles. The largest absolute Gasteiger partial charge is 0.352 e. The zero-order valence-corrected chi connectivity index (χ0v) is 12.2. The Labute approximate surface area is 126 Å². The summed E-state index contributed by atoms with van der Waals surface area (Å²) in [5.41, 5.74) is 9.07. The van der Waals surface area contributed by atoms with E-state index in [0.717, 1.165) is 24.0 Å². The number of carbonyl (C=O) groups is 1. The van der Waals surface area contributed by atoms with E-state index in [-0.39, 0.29) is 5.91 Å². The number of benzene rings is 2. The van der Waals surface area contributed by atoms with Crippen molar-refractivity contribution in [1.82, 2.24) is 5.32 Å². The maximum Gasteiger partial charge on any atom is 0.220 e. The summed E-state index contributed by atoms with van der Waals surface area (Å²) in [6, 6.07) is 18.2. The van der Waals surface area contributed by atoms with Gasteiger partial charge in [-0.15, -0.1) is 0 Å². The topological polar surface area (TPSA) is 55.1 Å². The van der Waals surface area contributed by atoms with E-state index in [9.17, 15) is 4.79 Å². The SMILES string of the molecule is NCc1cccc(CNC(=O)CCCc2ccccc2)c1. The Morgan fingerprint density at radius 2 is 1.67 bits per heavy atom. The molecule has 2 rings (SSSR count). The summed E-state index contributed by atoms with van der Waals surface area (Å²) < 4.78 is 0. The van der Waals surface area contributed by atoms with Gasteiger partial charge in [-0.05, 0) is 29.5 Å². The minimum atomic E-state index is 0.101. The molecule has 3 heteroatoms. The Kier molecular flexibility index (Phi) is 5.98. The predicted octanol–water partition coefficient (Wildman–Crippen LogP) is 2.78. The molecule has 0 saturated heterocycles. The van der Waals surface area contributed by atoms with Gasteiger partial charge in [0, 0.05) is 19.5 Å². The maximum atomic E-state index is 11.8. The van der Waals surface area contributed by atoms with Gasteiger partial charge in [0.1, 0.15) is 0 Å². The van der Waals surface area contributed by atoms with Crippen LogP contribution in [0.15, 0.2) is 54.6 Å². The first-order valence-electron chi connectivity index (χ1n) is 7.36. The van der Waals surface area contributed by atoms with Crippen molar-refractivity contribution in [1.29, 1.82) is 0 Å². The van der Waals surface area contributed by atoms with Crippen molar-refractivity contribution in [3.8, 4) is 0 Å². The van der Waals surface area contributed by atoms with E-state index < -0.39 is 0 Å². The number of amides is 1. The van der Waals surface area contributed by atoms with Gasteiger partial charge in [-0.3, -0.25) is 4.79 Å². The minimum absolute atomic E-state index is 0.101. The number of carbonyl (C=O) groups excluding carboxylic acids is 1. The molecule has 0 bridgehead atoms. The summed E-state index contributed by atoms with van der Waals surface area (Å²) >= 11 is 0. The fourth-order valence-electron chi connectivity index (χ4n) is 2.25. The molecule has 0 aliphatic rings. The third kappa shape index (κ3) is 5.40. The molecular formula is C18H22N2O. The fraction of sp³-hybridized carbons (Fsp3) is 0.278. The molecule has 2 aromatic rings. The smallest absolute Gasteiger partial charge is 0.220 e. The van der Waals surface area contributed by atoms with Gasteiger partial charge in [-0.25, -0.2) is 0 Å². The summed E-state index contributed by atoms with van der Waals surface area (Å²) in [6.45, 7) is 1.09. The van der Waals surface area contributed by atoms with Crippen LogP contribution >= 0.6 is 0 Å². The highest BCUT2D eigenvalue weighted by atomic mass is 16.1. The molecule has 110 valence electrons. The van der Waals surface area contributed by atoms with Crippen molar-refractivity contribution in [3.63, 3.8) is 0 Å². The van der Waals surface area contributed by atoms with Crippen molar-refractivity contribution in [3.05, 3.63) is 71.3 Å². The van der Waals surface area contributed by atoms with Gasteiger partial charge < -0.3 is 11.1 Å². The highest BCUT2D eigenvalue weighted by Gasteiger charge is 2.02. The Balaban J connectivity index is 1.70. The zero-order chi connectivity index (χ0) is 14.9. The summed E-state index contributed by atoms with van der Waals surface area (Å²) in [4.78, 5) is 11.8. The lowest BCUT2D eigenvalue weighted by Gasteiger charge is -2.07. The van der Waals surface area contributed by atoms with E-state index in [4.69, 9.17) is 5.73 Å². The first kappa shape index (κ1) is 15.3. The average Bonchev–Trinajstić information content (AvgIpc) is 2.54. The standard InChI is InChI=1S/C18H22N2O/c19-13-16-9-4-10-17(12-16)14-20-18(21)11-5-8-15-6-2-1-3-7-15/h1-4,6-7,9-10,12H,5,8,11,13-14,19H2,(H,20,21). The molecule has 0 aromatic heterocycles. The van der Waals surface area contributed by atoms with Crippen molar-refractivity contribution < 1.29 is 4.79 Å². The molecule has 0 aliphatic carbocycles. The average molecular weight is 282 g/mol. The summed E-state index contributed by atoms with van der Waals surface area (Å²) in [6.07, 6.45) is 2.38. The molecule has 0 spiro atoms. The van der Waals surface area contributed by atoms with E-state index in [1.54, 1.807) is 0 Å². The number of hydrogen-bond acceptors (Lipinski definition) is 2. The second kappa shape index (κ2) is 8.22. The second-order valence-electron chi connectivity index (χ2n) is 5.14. The Bertz CT molecular complexity index is 566. The molecule has 21 heavy (non-hydrogen) atoms. The first-order valence-corrected chi connectivity index (χ1v) is 7.36. The van der Waals surface area contributed by atoms with Gasteiger partial charge in [0.25, 0.3) is 0 Å². The van der Waals surface area contributed by atoms with Gasteiger partial charge >= 0.3 is 0 Å². The Morgan fingerprint density at radius 3 is 2.43 bits per heavy atom. The van der Waals surface area contributed by atoms with Crippen LogP contribution in [0.1, 0.15) is 29.5 Å². The second-order valence-corrected chi connectivity index (χ2v) is 5.14. The fourth-order valence-corrected chi connectivity index (χ4v) is 2.25. The molecule has 0 radical (unpaired) electrons. The van der Waals surface area contributed by atoms with E-state index in [2.05, 4.69) is 17.4 Å². The number of nitrogens with one attached hydrogen (secondary N) is 1. The molecule has 0 fully saturated rings. The normalized spacial score (nSPS) is 10.3. The third-order valence-corrected chi connectivity index (χ3v) is 3.43. The molecule has 0 saturated carbocycles. The van der Waals surface area contributed by atoms with Crippen LogP contribution in [0.4, 0.5) is 0 Å².